The summed E-state index contributed by atoms with van der Waals surface area (Å²) in [6.07, 6.45) is 4.97. The number of nitrogens with one attached hydrogen (secondary N) is 1. The molecule has 0 spiro atoms. The van der Waals surface area contributed by atoms with Crippen LogP contribution in [0.3, 0.4) is 0 Å². The van der Waals surface area contributed by atoms with Crippen molar-refractivity contribution in [3.05, 3.63) is 68.9 Å². The second-order valence-electron chi connectivity index (χ2n) is 4.83. The largest absolute Gasteiger partial charge is 0.336 e. The van der Waals surface area contributed by atoms with Crippen molar-refractivity contribution in [2.45, 2.75) is 6.04 Å². The number of rotatable bonds is 4. The Hall–Kier alpha value is -2.06. The van der Waals surface area contributed by atoms with E-state index in [0.29, 0.717) is 16.4 Å². The molecule has 0 aliphatic carbocycles. The molecule has 3 aromatic rings. The van der Waals surface area contributed by atoms with Gasteiger partial charge >= 0.3 is 0 Å². The van der Waals surface area contributed by atoms with Crippen molar-refractivity contribution in [3.8, 4) is 0 Å². The maximum absolute atomic E-state index is 13.6. The van der Waals surface area contributed by atoms with Gasteiger partial charge in [-0.15, -0.1) is 11.3 Å². The van der Waals surface area contributed by atoms with Crippen LogP contribution in [-0.4, -0.2) is 20.4 Å². The molecule has 0 radical (unpaired) electrons. The average molecular weight is 395 g/mol. The number of aromatic nitrogens is 3. The summed E-state index contributed by atoms with van der Waals surface area (Å²) in [4.78, 5) is 20.7. The molecule has 23 heavy (non-hydrogen) atoms. The molecule has 0 saturated carbocycles. The lowest BCUT2D eigenvalue weighted by Crippen LogP contribution is -2.31. The Kier molecular flexibility index (Phi) is 4.53. The van der Waals surface area contributed by atoms with Crippen molar-refractivity contribution in [2.24, 2.45) is 7.05 Å². The first-order valence-electron chi connectivity index (χ1n) is 6.69. The van der Waals surface area contributed by atoms with Gasteiger partial charge in [-0.2, -0.15) is 0 Å². The van der Waals surface area contributed by atoms with Gasteiger partial charge in [0.15, 0.2) is 5.01 Å². The van der Waals surface area contributed by atoms with E-state index in [0.717, 1.165) is 3.79 Å². The summed E-state index contributed by atoms with van der Waals surface area (Å²) in [5, 5.41) is 3.20. The molecular formula is C15H12BrFN4OS. The molecule has 0 fully saturated rings. The lowest BCUT2D eigenvalue weighted by Gasteiger charge is -2.18. The molecule has 8 heteroatoms. The number of amides is 1. The van der Waals surface area contributed by atoms with E-state index < -0.39 is 6.04 Å². The van der Waals surface area contributed by atoms with Gasteiger partial charge in [0, 0.05) is 19.4 Å². The van der Waals surface area contributed by atoms with Gasteiger partial charge in [-0.25, -0.2) is 14.4 Å². The van der Waals surface area contributed by atoms with E-state index in [2.05, 4.69) is 31.2 Å². The van der Waals surface area contributed by atoms with E-state index in [4.69, 9.17) is 0 Å². The van der Waals surface area contributed by atoms with Crippen LogP contribution in [0.15, 0.2) is 46.6 Å². The van der Waals surface area contributed by atoms with Crippen molar-refractivity contribution in [3.63, 3.8) is 0 Å². The van der Waals surface area contributed by atoms with E-state index in [1.165, 1.54) is 23.5 Å². The van der Waals surface area contributed by atoms with E-state index >= 15 is 0 Å². The maximum atomic E-state index is 13.6. The molecule has 1 amide bonds. The Morgan fingerprint density at radius 3 is 2.87 bits per heavy atom. The monoisotopic (exact) mass is 394 g/mol. The Bertz CT molecular complexity index is 847. The number of nitrogens with zero attached hydrogens (tertiary/aromatic N) is 3. The molecule has 0 unspecified atom stereocenters. The fraction of sp³-hybridized carbons (Fsp3) is 0.133. The minimum Gasteiger partial charge on any atom is -0.336 e. The molecule has 3 rings (SSSR count). The highest BCUT2D eigenvalue weighted by Crippen LogP contribution is 2.24. The Labute approximate surface area is 144 Å². The van der Waals surface area contributed by atoms with Crippen molar-refractivity contribution in [2.75, 3.05) is 0 Å². The Morgan fingerprint density at radius 1 is 1.43 bits per heavy atom. The zero-order valence-corrected chi connectivity index (χ0v) is 14.4. The second kappa shape index (κ2) is 6.59. The van der Waals surface area contributed by atoms with Crippen molar-refractivity contribution < 1.29 is 9.18 Å². The van der Waals surface area contributed by atoms with Gasteiger partial charge in [0.2, 0.25) is 0 Å². The van der Waals surface area contributed by atoms with Crippen molar-refractivity contribution >= 4 is 33.2 Å². The SMILES string of the molecule is Cn1ccnc1[C@@H](NC(=O)c1ncc(Br)s1)c1cccc(F)c1. The number of thiazole rings is 1. The highest BCUT2D eigenvalue weighted by Gasteiger charge is 2.23. The molecule has 1 aromatic carbocycles. The lowest BCUT2D eigenvalue weighted by atomic mass is 10.1. The molecule has 5 nitrogen and oxygen atoms in total. The van der Waals surface area contributed by atoms with Crippen LogP contribution < -0.4 is 5.32 Å². The molecule has 2 heterocycles. The maximum Gasteiger partial charge on any atom is 0.281 e. The van der Waals surface area contributed by atoms with Gasteiger partial charge in [-0.3, -0.25) is 4.79 Å². The summed E-state index contributed by atoms with van der Waals surface area (Å²) in [5.41, 5.74) is 0.614. The van der Waals surface area contributed by atoms with Crippen LogP contribution in [0.2, 0.25) is 0 Å². The number of aryl methyl sites for hydroxylation is 1. The van der Waals surface area contributed by atoms with E-state index in [-0.39, 0.29) is 11.7 Å². The van der Waals surface area contributed by atoms with Crippen LogP contribution in [0, 0.1) is 5.82 Å². The van der Waals surface area contributed by atoms with Gasteiger partial charge in [0.1, 0.15) is 17.7 Å². The molecule has 0 bridgehead atoms. The van der Waals surface area contributed by atoms with Crippen LogP contribution in [-0.2, 0) is 7.05 Å². The summed E-state index contributed by atoms with van der Waals surface area (Å²) < 4.78 is 16.1. The highest BCUT2D eigenvalue weighted by atomic mass is 79.9. The third kappa shape index (κ3) is 3.48. The molecular weight excluding hydrogens is 383 g/mol. The van der Waals surface area contributed by atoms with Crippen LogP contribution in [0.4, 0.5) is 4.39 Å². The number of halogens is 2. The standard InChI is InChI=1S/C15H12BrFN4OS/c1-21-6-5-18-13(21)12(9-3-2-4-10(17)7-9)20-14(22)15-19-8-11(16)23-15/h2-8,12H,1H3,(H,20,22)/t12-/m0/s1. The fourth-order valence-corrected chi connectivity index (χ4v) is 3.30. The number of benzene rings is 1. The normalized spacial score (nSPS) is 12.1. The van der Waals surface area contributed by atoms with Crippen LogP contribution in [0.25, 0.3) is 0 Å². The first kappa shape index (κ1) is 15.8. The van der Waals surface area contributed by atoms with Crippen LogP contribution >= 0.6 is 27.3 Å². The minimum atomic E-state index is -0.569. The van der Waals surface area contributed by atoms with Crippen molar-refractivity contribution in [1.82, 2.24) is 19.9 Å². The minimum absolute atomic E-state index is 0.326. The number of hydrogen-bond donors (Lipinski definition) is 1. The molecule has 1 N–H and O–H groups in total. The van der Waals surface area contributed by atoms with Gasteiger partial charge < -0.3 is 9.88 Å². The summed E-state index contributed by atoms with van der Waals surface area (Å²) in [6, 6.07) is 5.53. The average Bonchev–Trinajstić information content (AvgIpc) is 3.13. The fourth-order valence-electron chi connectivity index (χ4n) is 2.19. The predicted molar refractivity (Wildman–Crippen MR) is 88.7 cm³/mol. The van der Waals surface area contributed by atoms with Gasteiger partial charge in [-0.05, 0) is 33.6 Å². The number of carbonyl (C=O) groups is 1. The quantitative estimate of drug-likeness (QED) is 0.738. The van der Waals surface area contributed by atoms with E-state index in [9.17, 15) is 9.18 Å². The van der Waals surface area contributed by atoms with Crippen molar-refractivity contribution in [1.29, 1.82) is 0 Å². The van der Waals surface area contributed by atoms with E-state index in [1.54, 1.807) is 35.3 Å². The van der Waals surface area contributed by atoms with Gasteiger partial charge in [0.05, 0.1) is 9.98 Å². The molecule has 0 aliphatic heterocycles. The summed E-state index contributed by atoms with van der Waals surface area (Å²) in [5.74, 6) is -0.0921. The molecule has 1 atom stereocenters. The Balaban J connectivity index is 1.96. The van der Waals surface area contributed by atoms with E-state index in [1.807, 2.05) is 7.05 Å². The third-order valence-electron chi connectivity index (χ3n) is 3.25. The van der Waals surface area contributed by atoms with Gasteiger partial charge in [0.25, 0.3) is 5.91 Å². The number of imidazole rings is 1. The second-order valence-corrected chi connectivity index (χ2v) is 7.24. The van der Waals surface area contributed by atoms with Crippen LogP contribution in [0.5, 0.6) is 0 Å². The van der Waals surface area contributed by atoms with Crippen LogP contribution in [0.1, 0.15) is 27.2 Å². The molecule has 2 aromatic heterocycles. The summed E-state index contributed by atoms with van der Waals surface area (Å²) >= 11 is 4.51. The predicted octanol–water partition coefficient (Wildman–Crippen LogP) is 3.30. The zero-order chi connectivity index (χ0) is 16.4. The first-order chi connectivity index (χ1) is 11.0. The zero-order valence-electron chi connectivity index (χ0n) is 12.0. The Morgan fingerprint density at radius 2 is 2.26 bits per heavy atom. The number of hydrogen-bond acceptors (Lipinski definition) is 4. The smallest absolute Gasteiger partial charge is 0.281 e. The van der Waals surface area contributed by atoms with Gasteiger partial charge in [-0.1, -0.05) is 12.1 Å². The lowest BCUT2D eigenvalue weighted by molar-refractivity contribution is 0.0940. The molecule has 118 valence electrons. The summed E-state index contributed by atoms with van der Waals surface area (Å²) in [7, 11) is 1.82. The topological polar surface area (TPSA) is 59.8 Å². The highest BCUT2D eigenvalue weighted by molar-refractivity contribution is 9.11. The third-order valence-corrected chi connectivity index (χ3v) is 4.72. The summed E-state index contributed by atoms with van der Waals surface area (Å²) in [6.45, 7) is 0. The molecule has 0 saturated heterocycles. The number of carbonyl (C=O) groups excluding carboxylic acids is 1. The first-order valence-corrected chi connectivity index (χ1v) is 8.30. The molecule has 0 aliphatic rings.